The third kappa shape index (κ3) is 3.32. The summed E-state index contributed by atoms with van der Waals surface area (Å²) < 4.78 is 24.0. The standard InChI is InChI=1S/C13H22N2O3S2/c1-5-8-15(7-3)13-12(20(4,17)18)10(14)11(19-13)9(16)6-2/h5-8,14H2,1-4H3. The number of hydrogen-bond donors (Lipinski definition) is 1. The third-order valence-corrected chi connectivity index (χ3v) is 5.58. The topological polar surface area (TPSA) is 80.5 Å². The molecule has 5 nitrogen and oxygen atoms in total. The molecule has 0 radical (unpaired) electrons. The van der Waals surface area contributed by atoms with E-state index in [1.54, 1.807) is 6.92 Å². The number of nitrogens with zero attached hydrogens (tertiary/aromatic N) is 1. The van der Waals surface area contributed by atoms with E-state index in [1.165, 1.54) is 11.3 Å². The molecular formula is C13H22N2O3S2. The van der Waals surface area contributed by atoms with Crippen molar-refractivity contribution in [3.63, 3.8) is 0 Å². The van der Waals surface area contributed by atoms with Gasteiger partial charge in [-0.05, 0) is 13.3 Å². The summed E-state index contributed by atoms with van der Waals surface area (Å²) in [5, 5.41) is 0.589. The Labute approximate surface area is 124 Å². The monoisotopic (exact) mass is 318 g/mol. The SMILES string of the molecule is CCCN(CC)c1sc(C(=O)CC)c(N)c1S(C)(=O)=O. The van der Waals surface area contributed by atoms with Crippen LogP contribution >= 0.6 is 11.3 Å². The number of hydrogen-bond acceptors (Lipinski definition) is 6. The van der Waals surface area contributed by atoms with Crippen LogP contribution in [0.4, 0.5) is 10.7 Å². The van der Waals surface area contributed by atoms with Gasteiger partial charge < -0.3 is 10.6 Å². The molecule has 1 aromatic rings. The number of rotatable bonds is 7. The highest BCUT2D eigenvalue weighted by Crippen LogP contribution is 2.42. The number of sulfone groups is 1. The van der Waals surface area contributed by atoms with E-state index in [0.717, 1.165) is 19.2 Å². The normalized spacial score (nSPS) is 11.6. The maximum Gasteiger partial charge on any atom is 0.180 e. The molecule has 0 saturated carbocycles. The minimum atomic E-state index is -3.47. The first kappa shape index (κ1) is 17.0. The average molecular weight is 318 g/mol. The Morgan fingerprint density at radius 2 is 1.90 bits per heavy atom. The third-order valence-electron chi connectivity index (χ3n) is 2.99. The van der Waals surface area contributed by atoms with E-state index in [1.807, 2.05) is 18.7 Å². The Balaban J connectivity index is 3.53. The van der Waals surface area contributed by atoms with Crippen molar-refractivity contribution in [3.05, 3.63) is 4.88 Å². The van der Waals surface area contributed by atoms with Gasteiger partial charge in [0, 0.05) is 25.8 Å². The van der Waals surface area contributed by atoms with Gasteiger partial charge in [0.2, 0.25) is 0 Å². The minimum absolute atomic E-state index is 0.105. The smallest absolute Gasteiger partial charge is 0.180 e. The summed E-state index contributed by atoms with van der Waals surface area (Å²) in [6.45, 7) is 7.14. The van der Waals surface area contributed by atoms with Gasteiger partial charge in [-0.15, -0.1) is 11.3 Å². The molecule has 7 heteroatoms. The lowest BCUT2D eigenvalue weighted by atomic mass is 10.2. The van der Waals surface area contributed by atoms with Crippen molar-refractivity contribution in [2.75, 3.05) is 30.0 Å². The molecule has 0 amide bonds. The highest BCUT2D eigenvalue weighted by molar-refractivity contribution is 7.91. The lowest BCUT2D eigenvalue weighted by Crippen LogP contribution is -2.24. The first-order valence-corrected chi connectivity index (χ1v) is 9.39. The molecule has 2 N–H and O–H groups in total. The summed E-state index contributed by atoms with van der Waals surface area (Å²) in [4.78, 5) is 14.3. The molecule has 20 heavy (non-hydrogen) atoms. The van der Waals surface area contributed by atoms with Gasteiger partial charge in [0.15, 0.2) is 15.6 Å². The van der Waals surface area contributed by atoms with Crippen LogP contribution in [0, 0.1) is 0 Å². The molecule has 1 heterocycles. The number of Topliss-reactive ketones (excluding diaryl/α,β-unsaturated/α-hetero) is 1. The maximum absolute atomic E-state index is 12.0. The number of ketones is 1. The zero-order chi connectivity index (χ0) is 15.5. The fourth-order valence-electron chi connectivity index (χ4n) is 2.02. The van der Waals surface area contributed by atoms with Crippen LogP contribution in [0.15, 0.2) is 4.90 Å². The molecule has 0 saturated heterocycles. The van der Waals surface area contributed by atoms with Crippen LogP contribution in [-0.4, -0.2) is 33.5 Å². The molecule has 0 aliphatic rings. The summed E-state index contributed by atoms with van der Waals surface area (Å²) >= 11 is 1.19. The molecule has 0 unspecified atom stereocenters. The van der Waals surface area contributed by atoms with Crippen LogP contribution in [0.5, 0.6) is 0 Å². The van der Waals surface area contributed by atoms with Crippen LogP contribution in [0.2, 0.25) is 0 Å². The Hall–Kier alpha value is -1.08. The zero-order valence-electron chi connectivity index (χ0n) is 12.4. The average Bonchev–Trinajstić information content (AvgIpc) is 2.72. The lowest BCUT2D eigenvalue weighted by molar-refractivity contribution is 0.0992. The summed E-state index contributed by atoms with van der Waals surface area (Å²) in [6.07, 6.45) is 2.34. The van der Waals surface area contributed by atoms with Crippen molar-refractivity contribution in [1.82, 2.24) is 0 Å². The van der Waals surface area contributed by atoms with Crippen LogP contribution in [0.3, 0.4) is 0 Å². The Bertz CT molecular complexity index is 591. The first-order valence-electron chi connectivity index (χ1n) is 6.68. The first-order chi connectivity index (χ1) is 9.27. The van der Waals surface area contributed by atoms with Gasteiger partial charge in [0.25, 0.3) is 0 Å². The van der Waals surface area contributed by atoms with E-state index in [9.17, 15) is 13.2 Å². The summed E-state index contributed by atoms with van der Waals surface area (Å²) in [5.41, 5.74) is 6.04. The van der Waals surface area contributed by atoms with Gasteiger partial charge in [0.1, 0.15) is 9.90 Å². The molecule has 0 aliphatic carbocycles. The minimum Gasteiger partial charge on any atom is -0.396 e. The van der Waals surface area contributed by atoms with E-state index < -0.39 is 9.84 Å². The highest BCUT2D eigenvalue weighted by atomic mass is 32.2. The number of carbonyl (C=O) groups excluding carboxylic acids is 1. The van der Waals surface area contributed by atoms with E-state index in [0.29, 0.717) is 22.8 Å². The van der Waals surface area contributed by atoms with Crippen LogP contribution in [-0.2, 0) is 9.84 Å². The van der Waals surface area contributed by atoms with Gasteiger partial charge in [-0.3, -0.25) is 4.79 Å². The number of nitrogens with two attached hydrogens (primary N) is 1. The quantitative estimate of drug-likeness (QED) is 0.781. The summed E-state index contributed by atoms with van der Waals surface area (Å²) in [6, 6.07) is 0. The van der Waals surface area contributed by atoms with Gasteiger partial charge >= 0.3 is 0 Å². The summed E-state index contributed by atoms with van der Waals surface area (Å²) in [7, 11) is -3.47. The van der Waals surface area contributed by atoms with Crippen LogP contribution in [0.1, 0.15) is 43.3 Å². The van der Waals surface area contributed by atoms with Gasteiger partial charge in [-0.1, -0.05) is 13.8 Å². The van der Waals surface area contributed by atoms with Gasteiger partial charge in [-0.2, -0.15) is 0 Å². The molecule has 0 spiro atoms. The van der Waals surface area contributed by atoms with Crippen molar-refractivity contribution in [1.29, 1.82) is 0 Å². The van der Waals surface area contributed by atoms with Crippen LogP contribution in [0.25, 0.3) is 0 Å². The molecule has 114 valence electrons. The van der Waals surface area contributed by atoms with Crippen LogP contribution < -0.4 is 10.6 Å². The van der Waals surface area contributed by atoms with Gasteiger partial charge in [-0.25, -0.2) is 8.42 Å². The van der Waals surface area contributed by atoms with E-state index in [-0.39, 0.29) is 16.4 Å². The van der Waals surface area contributed by atoms with Gasteiger partial charge in [0.05, 0.1) is 10.6 Å². The number of anilines is 2. The Morgan fingerprint density at radius 3 is 2.30 bits per heavy atom. The van der Waals surface area contributed by atoms with Crippen molar-refractivity contribution in [3.8, 4) is 0 Å². The molecule has 1 aromatic heterocycles. The van der Waals surface area contributed by atoms with Crippen molar-refractivity contribution in [2.24, 2.45) is 0 Å². The van der Waals surface area contributed by atoms with E-state index >= 15 is 0 Å². The summed E-state index contributed by atoms with van der Waals surface area (Å²) in [5.74, 6) is -0.115. The van der Waals surface area contributed by atoms with E-state index in [2.05, 4.69) is 0 Å². The molecule has 0 bridgehead atoms. The van der Waals surface area contributed by atoms with Crippen molar-refractivity contribution < 1.29 is 13.2 Å². The molecule has 0 atom stereocenters. The predicted molar refractivity (Wildman–Crippen MR) is 84.6 cm³/mol. The number of carbonyl (C=O) groups is 1. The lowest BCUT2D eigenvalue weighted by Gasteiger charge is -2.21. The fourth-order valence-corrected chi connectivity index (χ4v) is 4.83. The second-order valence-corrected chi connectivity index (χ2v) is 7.56. The molecule has 0 fully saturated rings. The number of nitrogen functional groups attached to an aromatic ring is 1. The Kier molecular flexibility index (Phi) is 5.59. The largest absolute Gasteiger partial charge is 0.396 e. The molecule has 0 aliphatic heterocycles. The Morgan fingerprint density at radius 1 is 1.30 bits per heavy atom. The fraction of sp³-hybridized carbons (Fsp3) is 0.615. The van der Waals surface area contributed by atoms with Crippen molar-refractivity contribution >= 4 is 37.6 Å². The molecule has 0 aromatic carbocycles. The maximum atomic E-state index is 12.0. The second kappa shape index (κ2) is 6.58. The van der Waals surface area contributed by atoms with Crippen molar-refractivity contribution in [2.45, 2.75) is 38.5 Å². The van der Waals surface area contributed by atoms with E-state index in [4.69, 9.17) is 5.73 Å². The number of thiophene rings is 1. The zero-order valence-corrected chi connectivity index (χ0v) is 14.0. The predicted octanol–water partition coefficient (Wildman–Crippen LogP) is 2.56. The second-order valence-electron chi connectivity index (χ2n) is 4.61. The highest BCUT2D eigenvalue weighted by Gasteiger charge is 2.28. The molecular weight excluding hydrogens is 296 g/mol. The molecule has 1 rings (SSSR count).